The van der Waals surface area contributed by atoms with E-state index in [1.807, 2.05) is 13.8 Å². The van der Waals surface area contributed by atoms with Crippen LogP contribution in [0.2, 0.25) is 0 Å². The largest absolute Gasteiger partial charge is 0.481 e. The SMILES string of the molecule is CC(C)c1ccc(F)cc1C1(CC(=O)O)CC1. The average molecular weight is 236 g/mol. The van der Waals surface area contributed by atoms with Crippen LogP contribution in [0.5, 0.6) is 0 Å². The fraction of sp³-hybridized carbons (Fsp3) is 0.500. The Morgan fingerprint density at radius 3 is 2.59 bits per heavy atom. The summed E-state index contributed by atoms with van der Waals surface area (Å²) >= 11 is 0. The topological polar surface area (TPSA) is 37.3 Å². The number of halogens is 1. The summed E-state index contributed by atoms with van der Waals surface area (Å²) in [5.74, 6) is -0.792. The van der Waals surface area contributed by atoms with Crippen molar-refractivity contribution in [3.63, 3.8) is 0 Å². The van der Waals surface area contributed by atoms with E-state index in [9.17, 15) is 9.18 Å². The third-order valence-electron chi connectivity index (χ3n) is 3.55. The lowest BCUT2D eigenvalue weighted by molar-refractivity contribution is -0.137. The Bertz CT molecular complexity index is 448. The molecule has 0 heterocycles. The van der Waals surface area contributed by atoms with Crippen molar-refractivity contribution in [2.75, 3.05) is 0 Å². The molecule has 1 aromatic carbocycles. The van der Waals surface area contributed by atoms with Crippen LogP contribution < -0.4 is 0 Å². The van der Waals surface area contributed by atoms with Gasteiger partial charge < -0.3 is 5.11 Å². The summed E-state index contributed by atoms with van der Waals surface area (Å²) in [5, 5.41) is 8.96. The highest BCUT2D eigenvalue weighted by Crippen LogP contribution is 2.53. The first-order valence-corrected chi connectivity index (χ1v) is 5.96. The van der Waals surface area contributed by atoms with Crippen LogP contribution in [0.15, 0.2) is 18.2 Å². The number of carboxylic acids is 1. The molecule has 0 unspecified atom stereocenters. The van der Waals surface area contributed by atoms with E-state index in [1.165, 1.54) is 12.1 Å². The lowest BCUT2D eigenvalue weighted by atomic mass is 9.84. The molecule has 0 aliphatic heterocycles. The van der Waals surface area contributed by atoms with E-state index in [0.717, 1.165) is 24.0 Å². The van der Waals surface area contributed by atoms with Crippen molar-refractivity contribution in [3.8, 4) is 0 Å². The van der Waals surface area contributed by atoms with Gasteiger partial charge in [-0.3, -0.25) is 4.79 Å². The number of aliphatic carboxylic acids is 1. The molecule has 1 aliphatic rings. The van der Waals surface area contributed by atoms with Gasteiger partial charge in [0.15, 0.2) is 0 Å². The van der Waals surface area contributed by atoms with E-state index in [-0.39, 0.29) is 23.6 Å². The Labute approximate surface area is 100 Å². The number of hydrogen-bond donors (Lipinski definition) is 1. The summed E-state index contributed by atoms with van der Waals surface area (Å²) in [7, 11) is 0. The van der Waals surface area contributed by atoms with E-state index in [1.54, 1.807) is 6.07 Å². The fourth-order valence-corrected chi connectivity index (χ4v) is 2.47. The van der Waals surface area contributed by atoms with Crippen molar-refractivity contribution < 1.29 is 14.3 Å². The first-order valence-electron chi connectivity index (χ1n) is 5.96. The van der Waals surface area contributed by atoms with E-state index in [2.05, 4.69) is 0 Å². The van der Waals surface area contributed by atoms with Gasteiger partial charge >= 0.3 is 5.97 Å². The van der Waals surface area contributed by atoms with Gasteiger partial charge in [-0.2, -0.15) is 0 Å². The summed E-state index contributed by atoms with van der Waals surface area (Å²) in [6.07, 6.45) is 1.81. The fourth-order valence-electron chi connectivity index (χ4n) is 2.47. The average Bonchev–Trinajstić information content (AvgIpc) is 2.97. The van der Waals surface area contributed by atoms with Crippen LogP contribution in [0.25, 0.3) is 0 Å². The molecule has 0 spiro atoms. The van der Waals surface area contributed by atoms with Gasteiger partial charge in [-0.05, 0) is 42.0 Å². The van der Waals surface area contributed by atoms with Crippen LogP contribution in [0, 0.1) is 5.82 Å². The van der Waals surface area contributed by atoms with Gasteiger partial charge in [-0.15, -0.1) is 0 Å². The lowest BCUT2D eigenvalue weighted by Gasteiger charge is -2.20. The van der Waals surface area contributed by atoms with Crippen molar-refractivity contribution in [2.24, 2.45) is 0 Å². The van der Waals surface area contributed by atoms with Gasteiger partial charge in [0.05, 0.1) is 6.42 Å². The van der Waals surface area contributed by atoms with Crippen molar-refractivity contribution in [1.29, 1.82) is 0 Å². The monoisotopic (exact) mass is 236 g/mol. The first-order chi connectivity index (χ1) is 7.94. The van der Waals surface area contributed by atoms with Crippen LogP contribution in [0.4, 0.5) is 4.39 Å². The van der Waals surface area contributed by atoms with E-state index in [4.69, 9.17) is 5.11 Å². The van der Waals surface area contributed by atoms with Crippen LogP contribution in [0.3, 0.4) is 0 Å². The molecule has 0 aromatic heterocycles. The molecule has 1 aromatic rings. The number of hydrogen-bond acceptors (Lipinski definition) is 1. The van der Waals surface area contributed by atoms with Gasteiger partial charge in [0.1, 0.15) is 5.82 Å². The third kappa shape index (κ3) is 2.33. The number of carbonyl (C=O) groups is 1. The molecule has 17 heavy (non-hydrogen) atoms. The zero-order valence-corrected chi connectivity index (χ0v) is 10.2. The Morgan fingerprint density at radius 1 is 1.47 bits per heavy atom. The van der Waals surface area contributed by atoms with E-state index in [0.29, 0.717) is 0 Å². The molecule has 1 aliphatic carbocycles. The molecule has 0 atom stereocenters. The second-order valence-corrected chi connectivity index (χ2v) is 5.24. The predicted molar refractivity (Wildman–Crippen MR) is 63.7 cm³/mol. The molecule has 2 rings (SSSR count). The molecule has 92 valence electrons. The highest BCUT2D eigenvalue weighted by Gasteiger charge is 2.47. The molecule has 1 N–H and O–H groups in total. The normalized spacial score (nSPS) is 17.2. The number of rotatable bonds is 4. The number of benzene rings is 1. The summed E-state index contributed by atoms with van der Waals surface area (Å²) in [6, 6.07) is 4.76. The Hall–Kier alpha value is -1.38. The first kappa shape index (κ1) is 12.1. The van der Waals surface area contributed by atoms with Gasteiger partial charge in [0, 0.05) is 5.41 Å². The van der Waals surface area contributed by atoms with Crippen molar-refractivity contribution in [2.45, 2.75) is 44.4 Å². The van der Waals surface area contributed by atoms with Crippen molar-refractivity contribution in [3.05, 3.63) is 35.1 Å². The molecule has 3 heteroatoms. The third-order valence-corrected chi connectivity index (χ3v) is 3.55. The molecule has 2 nitrogen and oxygen atoms in total. The summed E-state index contributed by atoms with van der Waals surface area (Å²) < 4.78 is 13.4. The van der Waals surface area contributed by atoms with Gasteiger partial charge in [-0.25, -0.2) is 4.39 Å². The van der Waals surface area contributed by atoms with Crippen LogP contribution in [-0.4, -0.2) is 11.1 Å². The predicted octanol–water partition coefficient (Wildman–Crippen LogP) is 3.46. The number of carboxylic acid groups (broad SMARTS) is 1. The Balaban J connectivity index is 2.43. The minimum Gasteiger partial charge on any atom is -0.481 e. The smallest absolute Gasteiger partial charge is 0.304 e. The molecule has 0 radical (unpaired) electrons. The quantitative estimate of drug-likeness (QED) is 0.869. The molecular weight excluding hydrogens is 219 g/mol. The van der Waals surface area contributed by atoms with Gasteiger partial charge in [0.2, 0.25) is 0 Å². The minimum absolute atomic E-state index is 0.107. The summed E-state index contributed by atoms with van der Waals surface area (Å²) in [4.78, 5) is 10.9. The highest BCUT2D eigenvalue weighted by atomic mass is 19.1. The molecule has 0 bridgehead atoms. The minimum atomic E-state index is -0.804. The summed E-state index contributed by atoms with van der Waals surface area (Å²) in [5.41, 5.74) is 1.66. The molecule has 1 saturated carbocycles. The molecular formula is C14H17FO2. The van der Waals surface area contributed by atoms with E-state index >= 15 is 0 Å². The van der Waals surface area contributed by atoms with Crippen LogP contribution >= 0.6 is 0 Å². The summed E-state index contributed by atoms with van der Waals surface area (Å²) in [6.45, 7) is 4.10. The zero-order valence-electron chi connectivity index (χ0n) is 10.2. The maximum absolute atomic E-state index is 13.4. The van der Waals surface area contributed by atoms with Gasteiger partial charge in [0.25, 0.3) is 0 Å². The maximum atomic E-state index is 13.4. The van der Waals surface area contributed by atoms with Crippen LogP contribution in [0.1, 0.15) is 50.2 Å². The molecule has 0 saturated heterocycles. The van der Waals surface area contributed by atoms with Crippen molar-refractivity contribution in [1.82, 2.24) is 0 Å². The highest BCUT2D eigenvalue weighted by molar-refractivity contribution is 5.70. The zero-order chi connectivity index (χ0) is 12.6. The van der Waals surface area contributed by atoms with Crippen molar-refractivity contribution >= 4 is 5.97 Å². The Morgan fingerprint density at radius 2 is 2.12 bits per heavy atom. The van der Waals surface area contributed by atoms with Gasteiger partial charge in [-0.1, -0.05) is 19.9 Å². The van der Waals surface area contributed by atoms with E-state index < -0.39 is 5.97 Å². The van der Waals surface area contributed by atoms with Crippen LogP contribution in [-0.2, 0) is 10.2 Å². The maximum Gasteiger partial charge on any atom is 0.304 e. The molecule has 1 fully saturated rings. The second kappa shape index (κ2) is 4.13. The Kier molecular flexibility index (Phi) is 2.94. The standard InChI is InChI=1S/C14H17FO2/c1-9(2)11-4-3-10(15)7-12(11)14(5-6-14)8-13(16)17/h3-4,7,9H,5-6,8H2,1-2H3,(H,16,17). The molecule has 0 amide bonds. The second-order valence-electron chi connectivity index (χ2n) is 5.24. The lowest BCUT2D eigenvalue weighted by Crippen LogP contribution is -2.16.